The van der Waals surface area contributed by atoms with Gasteiger partial charge in [0.1, 0.15) is 12.3 Å². The van der Waals surface area contributed by atoms with Crippen LogP contribution in [0.15, 0.2) is 30.3 Å². The van der Waals surface area contributed by atoms with E-state index in [4.69, 9.17) is 4.74 Å². The van der Waals surface area contributed by atoms with Crippen LogP contribution in [0.1, 0.15) is 51.5 Å². The first-order chi connectivity index (χ1) is 10.0. The van der Waals surface area contributed by atoms with Gasteiger partial charge in [0.2, 0.25) is 0 Å². The van der Waals surface area contributed by atoms with Crippen molar-refractivity contribution in [2.75, 3.05) is 0 Å². The lowest BCUT2D eigenvalue weighted by Gasteiger charge is -2.04. The van der Waals surface area contributed by atoms with E-state index in [2.05, 4.69) is 4.98 Å². The molecule has 4 heteroatoms. The zero-order chi connectivity index (χ0) is 15.4. The normalized spacial score (nSPS) is 10.4. The molecule has 0 spiro atoms. The molecule has 0 fully saturated rings. The first kappa shape index (κ1) is 15.0. The summed E-state index contributed by atoms with van der Waals surface area (Å²) in [4.78, 5) is 26.9. The molecule has 0 radical (unpaired) electrons. The van der Waals surface area contributed by atoms with Crippen molar-refractivity contribution >= 4 is 11.8 Å². The van der Waals surface area contributed by atoms with Crippen molar-refractivity contribution in [3.63, 3.8) is 0 Å². The Morgan fingerprint density at radius 3 is 2.38 bits per heavy atom. The average Bonchev–Trinajstić information content (AvgIpc) is 2.82. The fourth-order valence-electron chi connectivity index (χ4n) is 2.40. The van der Waals surface area contributed by atoms with Crippen LogP contribution in [0.5, 0.6) is 0 Å². The van der Waals surface area contributed by atoms with Crippen LogP contribution < -0.4 is 0 Å². The van der Waals surface area contributed by atoms with E-state index in [1.165, 1.54) is 6.92 Å². The molecule has 2 aromatic rings. The van der Waals surface area contributed by atoms with Crippen LogP contribution >= 0.6 is 0 Å². The van der Waals surface area contributed by atoms with Gasteiger partial charge >= 0.3 is 5.97 Å². The Bertz CT molecular complexity index is 656. The number of H-pyrrole nitrogens is 1. The molecule has 0 aliphatic heterocycles. The fraction of sp³-hybridized carbons (Fsp3) is 0.294. The summed E-state index contributed by atoms with van der Waals surface area (Å²) in [5, 5.41) is 0. The number of aryl methyl sites for hydroxylation is 1. The summed E-state index contributed by atoms with van der Waals surface area (Å²) in [6.45, 7) is 5.44. The van der Waals surface area contributed by atoms with Gasteiger partial charge in [0.05, 0.1) is 0 Å². The van der Waals surface area contributed by atoms with Crippen molar-refractivity contribution in [3.8, 4) is 0 Å². The highest BCUT2D eigenvalue weighted by Crippen LogP contribution is 2.20. The van der Waals surface area contributed by atoms with E-state index in [1.54, 1.807) is 6.92 Å². The molecule has 0 saturated carbocycles. The molecule has 0 saturated heterocycles. The minimum atomic E-state index is -0.432. The smallest absolute Gasteiger partial charge is 0.355 e. The summed E-state index contributed by atoms with van der Waals surface area (Å²) in [5.74, 6) is -0.471. The number of rotatable bonds is 5. The van der Waals surface area contributed by atoms with Gasteiger partial charge in [-0.15, -0.1) is 0 Å². The number of carbonyl (C=O) groups excluding carboxylic acids is 2. The van der Waals surface area contributed by atoms with Crippen LogP contribution in [0, 0.1) is 6.92 Å². The number of hydrogen-bond acceptors (Lipinski definition) is 3. The third-order valence-corrected chi connectivity index (χ3v) is 3.45. The summed E-state index contributed by atoms with van der Waals surface area (Å²) >= 11 is 0. The Kier molecular flexibility index (Phi) is 4.58. The van der Waals surface area contributed by atoms with Crippen LogP contribution in [-0.2, 0) is 17.8 Å². The largest absolute Gasteiger partial charge is 0.456 e. The topological polar surface area (TPSA) is 59.2 Å². The molecular formula is C17H19NO3. The molecule has 110 valence electrons. The minimum Gasteiger partial charge on any atom is -0.456 e. The number of ketones is 1. The van der Waals surface area contributed by atoms with Gasteiger partial charge in [-0.25, -0.2) is 4.79 Å². The second-order valence-electron chi connectivity index (χ2n) is 4.95. The molecule has 21 heavy (non-hydrogen) atoms. The van der Waals surface area contributed by atoms with Gasteiger partial charge in [-0.3, -0.25) is 4.79 Å². The van der Waals surface area contributed by atoms with Gasteiger partial charge < -0.3 is 9.72 Å². The van der Waals surface area contributed by atoms with Crippen LogP contribution in [0.25, 0.3) is 0 Å². The fourth-order valence-corrected chi connectivity index (χ4v) is 2.40. The standard InChI is InChI=1S/C17H19NO3/c1-4-14-15(12(3)19)11(2)16(18-14)17(20)21-10-13-8-6-5-7-9-13/h5-9,18H,4,10H2,1-3H3. The second kappa shape index (κ2) is 6.39. The van der Waals surface area contributed by atoms with Crippen molar-refractivity contribution in [2.24, 2.45) is 0 Å². The van der Waals surface area contributed by atoms with E-state index >= 15 is 0 Å². The molecule has 0 unspecified atom stereocenters. The Hall–Kier alpha value is -2.36. The number of nitrogens with one attached hydrogen (secondary N) is 1. The number of aromatic amines is 1. The van der Waals surface area contributed by atoms with Crippen LogP contribution in [0.3, 0.4) is 0 Å². The van der Waals surface area contributed by atoms with Gasteiger partial charge in [-0.05, 0) is 31.4 Å². The first-order valence-corrected chi connectivity index (χ1v) is 6.98. The van der Waals surface area contributed by atoms with E-state index in [0.717, 1.165) is 11.3 Å². The summed E-state index contributed by atoms with van der Waals surface area (Å²) in [6.07, 6.45) is 0.668. The van der Waals surface area contributed by atoms with Crippen molar-refractivity contribution in [3.05, 3.63) is 58.4 Å². The molecule has 1 aromatic carbocycles. The van der Waals surface area contributed by atoms with E-state index in [1.807, 2.05) is 37.3 Å². The lowest BCUT2D eigenvalue weighted by atomic mass is 10.1. The average molecular weight is 285 g/mol. The molecule has 1 N–H and O–H groups in total. The van der Waals surface area contributed by atoms with Crippen molar-refractivity contribution < 1.29 is 14.3 Å². The summed E-state index contributed by atoms with van der Waals surface area (Å²) < 4.78 is 5.31. The molecule has 4 nitrogen and oxygen atoms in total. The van der Waals surface area contributed by atoms with Gasteiger partial charge in [-0.2, -0.15) is 0 Å². The molecule has 0 atom stereocenters. The number of benzene rings is 1. The van der Waals surface area contributed by atoms with Gasteiger partial charge in [-0.1, -0.05) is 37.3 Å². The maximum Gasteiger partial charge on any atom is 0.355 e. The van der Waals surface area contributed by atoms with E-state index in [9.17, 15) is 9.59 Å². The monoisotopic (exact) mass is 285 g/mol. The SMILES string of the molecule is CCc1[nH]c(C(=O)OCc2ccccc2)c(C)c1C(C)=O. The Morgan fingerprint density at radius 1 is 1.19 bits per heavy atom. The van der Waals surface area contributed by atoms with Gasteiger partial charge in [0, 0.05) is 11.3 Å². The van der Waals surface area contributed by atoms with Gasteiger partial charge in [0.25, 0.3) is 0 Å². The lowest BCUT2D eigenvalue weighted by molar-refractivity contribution is 0.0465. The molecule has 1 heterocycles. The van der Waals surface area contributed by atoms with Crippen molar-refractivity contribution in [2.45, 2.75) is 33.8 Å². The van der Waals surface area contributed by atoms with Crippen molar-refractivity contribution in [1.29, 1.82) is 0 Å². The maximum absolute atomic E-state index is 12.2. The highest BCUT2D eigenvalue weighted by atomic mass is 16.5. The quantitative estimate of drug-likeness (QED) is 0.676. The zero-order valence-electron chi connectivity index (χ0n) is 12.5. The Labute approximate surface area is 124 Å². The maximum atomic E-state index is 12.2. The molecular weight excluding hydrogens is 266 g/mol. The van der Waals surface area contributed by atoms with Gasteiger partial charge in [0.15, 0.2) is 5.78 Å². The Balaban J connectivity index is 2.18. The number of ether oxygens (including phenoxy) is 1. The molecule has 0 aliphatic rings. The molecule has 2 rings (SSSR count). The summed E-state index contributed by atoms with van der Waals surface area (Å²) in [6, 6.07) is 9.49. The third kappa shape index (κ3) is 3.21. The summed E-state index contributed by atoms with van der Waals surface area (Å²) in [5.41, 5.74) is 3.35. The number of aromatic nitrogens is 1. The molecule has 1 aromatic heterocycles. The zero-order valence-corrected chi connectivity index (χ0v) is 12.5. The van der Waals surface area contributed by atoms with Crippen LogP contribution in [0.4, 0.5) is 0 Å². The van der Waals surface area contributed by atoms with Crippen molar-refractivity contribution in [1.82, 2.24) is 4.98 Å². The van der Waals surface area contributed by atoms with Crippen LogP contribution in [0.2, 0.25) is 0 Å². The third-order valence-electron chi connectivity index (χ3n) is 3.45. The van der Waals surface area contributed by atoms with E-state index in [0.29, 0.717) is 23.2 Å². The predicted octanol–water partition coefficient (Wildman–Crippen LogP) is 3.45. The first-order valence-electron chi connectivity index (χ1n) is 6.98. The lowest BCUT2D eigenvalue weighted by Crippen LogP contribution is -2.07. The number of hydrogen-bond donors (Lipinski definition) is 1. The number of esters is 1. The highest BCUT2D eigenvalue weighted by molar-refractivity contribution is 6.01. The molecule has 0 aliphatic carbocycles. The minimum absolute atomic E-state index is 0.0392. The Morgan fingerprint density at radius 2 is 1.86 bits per heavy atom. The molecule has 0 bridgehead atoms. The van der Waals surface area contributed by atoms with E-state index in [-0.39, 0.29) is 12.4 Å². The number of carbonyl (C=O) groups is 2. The highest BCUT2D eigenvalue weighted by Gasteiger charge is 2.21. The summed E-state index contributed by atoms with van der Waals surface area (Å²) in [7, 11) is 0. The second-order valence-corrected chi connectivity index (χ2v) is 4.95. The predicted molar refractivity (Wildman–Crippen MR) is 80.5 cm³/mol. The van der Waals surface area contributed by atoms with Crippen LogP contribution in [-0.4, -0.2) is 16.7 Å². The number of Topliss-reactive ketones (excluding diaryl/α,β-unsaturated/α-hetero) is 1. The van der Waals surface area contributed by atoms with E-state index < -0.39 is 5.97 Å². The molecule has 0 amide bonds.